The van der Waals surface area contributed by atoms with Crippen LogP contribution in [0, 0.1) is 0 Å². The van der Waals surface area contributed by atoms with Gasteiger partial charge < -0.3 is 15.0 Å². The zero-order valence-electron chi connectivity index (χ0n) is 11.5. The molecule has 0 bridgehead atoms. The van der Waals surface area contributed by atoms with Gasteiger partial charge in [0.1, 0.15) is 0 Å². The van der Waals surface area contributed by atoms with Crippen LogP contribution in [-0.4, -0.2) is 27.2 Å². The molecule has 1 aromatic carbocycles. The summed E-state index contributed by atoms with van der Waals surface area (Å²) in [6.45, 7) is 5.29. The molecule has 0 aliphatic carbocycles. The lowest BCUT2D eigenvalue weighted by Gasteiger charge is -2.26. The lowest BCUT2D eigenvalue weighted by Crippen LogP contribution is -2.41. The van der Waals surface area contributed by atoms with Gasteiger partial charge in [0.25, 0.3) is 0 Å². The largest absolute Gasteiger partial charge is 0.384 e. The quantitative estimate of drug-likeness (QED) is 0.831. The van der Waals surface area contributed by atoms with E-state index in [9.17, 15) is 5.11 Å². The van der Waals surface area contributed by atoms with Gasteiger partial charge in [0.05, 0.1) is 11.9 Å². The van der Waals surface area contributed by atoms with Gasteiger partial charge in [-0.2, -0.15) is 0 Å². The van der Waals surface area contributed by atoms with Crippen LogP contribution in [0.3, 0.4) is 0 Å². The Morgan fingerprint density at radius 2 is 2.11 bits per heavy atom. The van der Waals surface area contributed by atoms with Gasteiger partial charge in [-0.25, -0.2) is 4.98 Å². The number of hydrogen-bond donors (Lipinski definition) is 2. The zero-order chi connectivity index (χ0) is 13.7. The van der Waals surface area contributed by atoms with E-state index < -0.39 is 5.60 Å². The third kappa shape index (κ3) is 3.91. The molecular formula is C15H21N3O. The Labute approximate surface area is 114 Å². The highest BCUT2D eigenvalue weighted by Gasteiger charge is 2.22. The molecule has 0 saturated heterocycles. The molecule has 0 spiro atoms. The SMILES string of the molecule is CC(Cn1ccnc1)NCC(C)(O)c1ccccc1. The van der Waals surface area contributed by atoms with E-state index in [-0.39, 0.29) is 6.04 Å². The van der Waals surface area contributed by atoms with Crippen molar-refractivity contribution in [2.45, 2.75) is 32.0 Å². The minimum Gasteiger partial charge on any atom is -0.384 e. The first-order chi connectivity index (χ1) is 9.08. The van der Waals surface area contributed by atoms with Gasteiger partial charge in [-0.15, -0.1) is 0 Å². The maximum atomic E-state index is 10.5. The van der Waals surface area contributed by atoms with E-state index in [2.05, 4.69) is 17.2 Å². The van der Waals surface area contributed by atoms with E-state index in [0.29, 0.717) is 6.54 Å². The van der Waals surface area contributed by atoms with Gasteiger partial charge in [-0.3, -0.25) is 0 Å². The molecule has 0 amide bonds. The number of imidazole rings is 1. The number of nitrogens with zero attached hydrogens (tertiary/aromatic N) is 2. The average Bonchev–Trinajstić information content (AvgIpc) is 2.90. The van der Waals surface area contributed by atoms with Crippen LogP contribution in [0.15, 0.2) is 49.1 Å². The lowest BCUT2D eigenvalue weighted by atomic mass is 9.96. The van der Waals surface area contributed by atoms with Crippen LogP contribution in [0.4, 0.5) is 0 Å². The first-order valence-electron chi connectivity index (χ1n) is 6.55. The van der Waals surface area contributed by atoms with Crippen molar-refractivity contribution in [2.75, 3.05) is 6.54 Å². The fourth-order valence-electron chi connectivity index (χ4n) is 2.05. The Bertz CT molecular complexity index is 479. The molecule has 2 rings (SSSR count). The minimum atomic E-state index is -0.857. The Morgan fingerprint density at radius 3 is 2.74 bits per heavy atom. The number of nitrogens with one attached hydrogen (secondary N) is 1. The number of benzene rings is 1. The van der Waals surface area contributed by atoms with Gasteiger partial charge in [0, 0.05) is 31.5 Å². The number of hydrogen-bond acceptors (Lipinski definition) is 3. The standard InChI is InChI=1S/C15H21N3O/c1-13(10-18-9-8-16-12-18)17-11-15(2,19)14-6-4-3-5-7-14/h3-9,12-13,17,19H,10-11H2,1-2H3. The molecular weight excluding hydrogens is 238 g/mol. The molecule has 102 valence electrons. The van der Waals surface area contributed by atoms with Crippen molar-refractivity contribution in [1.29, 1.82) is 0 Å². The molecule has 4 heteroatoms. The number of aromatic nitrogens is 2. The molecule has 2 unspecified atom stereocenters. The van der Waals surface area contributed by atoms with Gasteiger partial charge in [-0.05, 0) is 19.4 Å². The highest BCUT2D eigenvalue weighted by atomic mass is 16.3. The van der Waals surface area contributed by atoms with Crippen molar-refractivity contribution in [3.05, 3.63) is 54.6 Å². The predicted octanol–water partition coefficient (Wildman–Crippen LogP) is 1.77. The molecule has 0 aliphatic rings. The Morgan fingerprint density at radius 1 is 1.37 bits per heavy atom. The van der Waals surface area contributed by atoms with E-state index in [0.717, 1.165) is 12.1 Å². The molecule has 2 aromatic rings. The van der Waals surface area contributed by atoms with Crippen molar-refractivity contribution in [3.8, 4) is 0 Å². The fourth-order valence-corrected chi connectivity index (χ4v) is 2.05. The summed E-state index contributed by atoms with van der Waals surface area (Å²) < 4.78 is 2.02. The molecule has 0 aliphatic heterocycles. The monoisotopic (exact) mass is 259 g/mol. The summed E-state index contributed by atoms with van der Waals surface area (Å²) in [6, 6.07) is 10.0. The summed E-state index contributed by atoms with van der Waals surface area (Å²) >= 11 is 0. The predicted molar refractivity (Wildman–Crippen MR) is 75.7 cm³/mol. The molecule has 2 N–H and O–H groups in total. The fraction of sp³-hybridized carbons (Fsp3) is 0.400. The molecule has 0 radical (unpaired) electrons. The molecule has 2 atom stereocenters. The van der Waals surface area contributed by atoms with Crippen LogP contribution in [0.5, 0.6) is 0 Å². The second kappa shape index (κ2) is 5.99. The van der Waals surface area contributed by atoms with Crippen molar-refractivity contribution in [1.82, 2.24) is 14.9 Å². The Hall–Kier alpha value is -1.65. The van der Waals surface area contributed by atoms with Gasteiger partial charge in [-0.1, -0.05) is 30.3 Å². The Balaban J connectivity index is 1.87. The molecule has 0 fully saturated rings. The van der Waals surface area contributed by atoms with Gasteiger partial charge in [0.2, 0.25) is 0 Å². The molecule has 0 saturated carbocycles. The van der Waals surface area contributed by atoms with Crippen molar-refractivity contribution in [2.24, 2.45) is 0 Å². The third-order valence-corrected chi connectivity index (χ3v) is 3.23. The van der Waals surface area contributed by atoms with E-state index in [1.54, 1.807) is 12.5 Å². The first kappa shape index (κ1) is 13.8. The van der Waals surface area contributed by atoms with E-state index in [1.165, 1.54) is 0 Å². The van der Waals surface area contributed by atoms with Crippen LogP contribution in [0.2, 0.25) is 0 Å². The summed E-state index contributed by atoms with van der Waals surface area (Å²) in [5.74, 6) is 0. The second-order valence-corrected chi connectivity index (χ2v) is 5.18. The van der Waals surface area contributed by atoms with Crippen LogP contribution < -0.4 is 5.32 Å². The van der Waals surface area contributed by atoms with E-state index in [1.807, 2.05) is 48.0 Å². The molecule has 4 nitrogen and oxygen atoms in total. The average molecular weight is 259 g/mol. The van der Waals surface area contributed by atoms with Gasteiger partial charge in [0.15, 0.2) is 0 Å². The van der Waals surface area contributed by atoms with E-state index >= 15 is 0 Å². The highest BCUT2D eigenvalue weighted by Crippen LogP contribution is 2.19. The summed E-state index contributed by atoms with van der Waals surface area (Å²) in [7, 11) is 0. The second-order valence-electron chi connectivity index (χ2n) is 5.18. The van der Waals surface area contributed by atoms with Crippen LogP contribution >= 0.6 is 0 Å². The molecule has 19 heavy (non-hydrogen) atoms. The minimum absolute atomic E-state index is 0.268. The first-order valence-corrected chi connectivity index (χ1v) is 6.55. The Kier molecular flexibility index (Phi) is 4.35. The smallest absolute Gasteiger partial charge is 0.0992 e. The summed E-state index contributed by atoms with van der Waals surface area (Å²) in [4.78, 5) is 4.02. The summed E-state index contributed by atoms with van der Waals surface area (Å²) in [5, 5.41) is 13.8. The maximum Gasteiger partial charge on any atom is 0.0992 e. The molecule has 1 aromatic heterocycles. The third-order valence-electron chi connectivity index (χ3n) is 3.23. The highest BCUT2D eigenvalue weighted by molar-refractivity contribution is 5.21. The van der Waals surface area contributed by atoms with Crippen molar-refractivity contribution >= 4 is 0 Å². The normalized spacial score (nSPS) is 15.9. The number of aliphatic hydroxyl groups is 1. The van der Waals surface area contributed by atoms with Crippen LogP contribution in [0.25, 0.3) is 0 Å². The zero-order valence-corrected chi connectivity index (χ0v) is 11.5. The topological polar surface area (TPSA) is 50.1 Å². The van der Waals surface area contributed by atoms with Crippen LogP contribution in [0.1, 0.15) is 19.4 Å². The van der Waals surface area contributed by atoms with Crippen LogP contribution in [-0.2, 0) is 12.1 Å². The summed E-state index contributed by atoms with van der Waals surface area (Å²) in [6.07, 6.45) is 5.51. The summed E-state index contributed by atoms with van der Waals surface area (Å²) in [5.41, 5.74) is 0.0714. The van der Waals surface area contributed by atoms with Gasteiger partial charge >= 0.3 is 0 Å². The molecule has 1 heterocycles. The van der Waals surface area contributed by atoms with E-state index in [4.69, 9.17) is 0 Å². The lowest BCUT2D eigenvalue weighted by molar-refractivity contribution is 0.0538. The van der Waals surface area contributed by atoms with Crippen molar-refractivity contribution in [3.63, 3.8) is 0 Å². The van der Waals surface area contributed by atoms with Crippen molar-refractivity contribution < 1.29 is 5.11 Å². The number of rotatable bonds is 6. The maximum absolute atomic E-state index is 10.5.